The minimum absolute atomic E-state index is 0.0134. The van der Waals surface area contributed by atoms with E-state index in [0.717, 1.165) is 0 Å². The van der Waals surface area contributed by atoms with Gasteiger partial charge in [0.15, 0.2) is 5.69 Å². The summed E-state index contributed by atoms with van der Waals surface area (Å²) in [5.74, 6) is -0.0584. The van der Waals surface area contributed by atoms with Crippen molar-refractivity contribution in [2.45, 2.75) is 0 Å². The van der Waals surface area contributed by atoms with Crippen LogP contribution in [0.1, 0.15) is 16.1 Å². The van der Waals surface area contributed by atoms with Gasteiger partial charge in [-0.05, 0) is 28.5 Å². The van der Waals surface area contributed by atoms with Gasteiger partial charge in [-0.1, -0.05) is 35.5 Å². The number of benzene rings is 2. The van der Waals surface area contributed by atoms with E-state index in [9.17, 15) is 9.90 Å². The highest BCUT2D eigenvalue weighted by molar-refractivity contribution is 5.99. The highest BCUT2D eigenvalue weighted by atomic mass is 16.6. The molecule has 4 aromatic rings. The van der Waals surface area contributed by atoms with Crippen LogP contribution in [0.5, 0.6) is 11.5 Å². The average molecular weight is 420 g/mol. The summed E-state index contributed by atoms with van der Waals surface area (Å²) in [6, 6.07) is 13.6. The molecule has 0 radical (unpaired) electrons. The number of nitrogens with two attached hydrogens (primary N) is 1. The Balaban J connectivity index is 1.66. The third-order valence-electron chi connectivity index (χ3n) is 4.23. The van der Waals surface area contributed by atoms with Gasteiger partial charge in [-0.3, -0.25) is 4.79 Å². The van der Waals surface area contributed by atoms with Crippen molar-refractivity contribution in [3.05, 3.63) is 59.8 Å². The molecule has 0 bridgehead atoms. The van der Waals surface area contributed by atoms with Gasteiger partial charge >= 0.3 is 0 Å². The van der Waals surface area contributed by atoms with Gasteiger partial charge in [-0.15, -0.1) is 5.10 Å². The van der Waals surface area contributed by atoms with Gasteiger partial charge in [0.05, 0.1) is 13.3 Å². The SMILES string of the molecule is COc1ccc(O)c(/C=N/NC(=O)c2nnn(-c3nonc3N)c2-c2ccccc2)c1. The largest absolute Gasteiger partial charge is 0.507 e. The molecular formula is C19H16N8O4. The van der Waals surface area contributed by atoms with Gasteiger partial charge in [-0.25, -0.2) is 10.1 Å². The Morgan fingerprint density at radius 3 is 2.77 bits per heavy atom. The predicted octanol–water partition coefficient (Wildman–Crippen LogP) is 1.38. The van der Waals surface area contributed by atoms with E-state index >= 15 is 0 Å². The molecule has 0 saturated heterocycles. The van der Waals surface area contributed by atoms with Crippen molar-refractivity contribution >= 4 is 17.9 Å². The first-order valence-electron chi connectivity index (χ1n) is 8.88. The first-order valence-corrected chi connectivity index (χ1v) is 8.88. The summed E-state index contributed by atoms with van der Waals surface area (Å²) >= 11 is 0. The second-order valence-corrected chi connectivity index (χ2v) is 6.16. The summed E-state index contributed by atoms with van der Waals surface area (Å²) in [6.45, 7) is 0. The molecule has 0 atom stereocenters. The fourth-order valence-corrected chi connectivity index (χ4v) is 2.75. The fraction of sp³-hybridized carbons (Fsp3) is 0.0526. The Morgan fingerprint density at radius 1 is 1.26 bits per heavy atom. The second-order valence-electron chi connectivity index (χ2n) is 6.16. The lowest BCUT2D eigenvalue weighted by atomic mass is 10.1. The molecule has 2 aromatic heterocycles. The lowest BCUT2D eigenvalue weighted by Crippen LogP contribution is -2.19. The second kappa shape index (κ2) is 8.32. The van der Waals surface area contributed by atoms with Crippen molar-refractivity contribution in [3.8, 4) is 28.6 Å². The van der Waals surface area contributed by atoms with Crippen LogP contribution in [0.2, 0.25) is 0 Å². The van der Waals surface area contributed by atoms with E-state index in [1.165, 1.54) is 24.1 Å². The highest BCUT2D eigenvalue weighted by Crippen LogP contribution is 2.26. The minimum atomic E-state index is -0.640. The molecule has 0 aliphatic heterocycles. The van der Waals surface area contributed by atoms with Crippen LogP contribution in [0.15, 0.2) is 58.3 Å². The maximum absolute atomic E-state index is 12.8. The van der Waals surface area contributed by atoms with E-state index in [4.69, 9.17) is 10.5 Å². The first kappa shape index (κ1) is 19.6. The molecule has 156 valence electrons. The summed E-state index contributed by atoms with van der Waals surface area (Å²) in [5.41, 5.74) is 9.42. The normalized spacial score (nSPS) is 11.0. The number of rotatable bonds is 6. The van der Waals surface area contributed by atoms with Crippen LogP contribution in [-0.4, -0.2) is 49.6 Å². The number of ether oxygens (including phenoxy) is 1. The number of aromatic hydroxyl groups is 1. The number of nitrogens with one attached hydrogen (secondary N) is 1. The lowest BCUT2D eigenvalue weighted by Gasteiger charge is -2.05. The maximum Gasteiger partial charge on any atom is 0.294 e. The van der Waals surface area contributed by atoms with Crippen molar-refractivity contribution in [3.63, 3.8) is 0 Å². The molecule has 0 unspecified atom stereocenters. The Morgan fingerprint density at radius 2 is 2.06 bits per heavy atom. The Kier molecular flexibility index (Phi) is 5.26. The van der Waals surface area contributed by atoms with Crippen molar-refractivity contribution in [1.82, 2.24) is 30.7 Å². The van der Waals surface area contributed by atoms with Gasteiger partial charge in [0.1, 0.15) is 17.2 Å². The summed E-state index contributed by atoms with van der Waals surface area (Å²) in [7, 11) is 1.50. The fourth-order valence-electron chi connectivity index (χ4n) is 2.75. The van der Waals surface area contributed by atoms with E-state index in [-0.39, 0.29) is 23.1 Å². The number of nitrogen functional groups attached to an aromatic ring is 1. The van der Waals surface area contributed by atoms with Gasteiger partial charge in [-0.2, -0.15) is 9.78 Å². The predicted molar refractivity (Wildman–Crippen MR) is 109 cm³/mol. The lowest BCUT2D eigenvalue weighted by molar-refractivity contribution is 0.0950. The topological polar surface area (TPSA) is 167 Å². The standard InChI is InChI=1S/C19H16N8O4/c1-30-13-7-8-14(28)12(9-13)10-21-23-19(29)15-16(11-5-3-2-4-6-11)27(26-22-15)18-17(20)24-31-25-18/h2-10,28H,1H3,(H2,20,24)(H,23,29)/b21-10+. The number of anilines is 1. The van der Waals surface area contributed by atoms with E-state index < -0.39 is 5.91 Å². The molecule has 4 N–H and O–H groups in total. The molecule has 0 saturated carbocycles. The zero-order valence-electron chi connectivity index (χ0n) is 16.1. The van der Waals surface area contributed by atoms with Gasteiger partial charge < -0.3 is 15.6 Å². The molecule has 2 heterocycles. The Bertz CT molecular complexity index is 1250. The van der Waals surface area contributed by atoms with E-state index in [1.807, 2.05) is 6.07 Å². The van der Waals surface area contributed by atoms with Crippen molar-refractivity contribution in [1.29, 1.82) is 0 Å². The molecule has 0 spiro atoms. The molecular weight excluding hydrogens is 404 g/mol. The summed E-state index contributed by atoms with van der Waals surface area (Å²) in [5, 5.41) is 29.0. The number of phenols is 1. The summed E-state index contributed by atoms with van der Waals surface area (Å²) in [6.07, 6.45) is 1.28. The number of carbonyl (C=O) groups is 1. The highest BCUT2D eigenvalue weighted by Gasteiger charge is 2.25. The van der Waals surface area contributed by atoms with Crippen LogP contribution >= 0.6 is 0 Å². The van der Waals surface area contributed by atoms with E-state index in [1.54, 1.807) is 36.4 Å². The molecule has 12 heteroatoms. The minimum Gasteiger partial charge on any atom is -0.507 e. The zero-order valence-corrected chi connectivity index (χ0v) is 16.1. The monoisotopic (exact) mass is 420 g/mol. The van der Waals surface area contributed by atoms with Crippen LogP contribution in [-0.2, 0) is 0 Å². The number of carbonyl (C=O) groups excluding carboxylic acids is 1. The van der Waals surface area contributed by atoms with Crippen LogP contribution in [0.4, 0.5) is 5.82 Å². The van der Waals surface area contributed by atoms with Crippen molar-refractivity contribution in [2.24, 2.45) is 5.10 Å². The molecule has 31 heavy (non-hydrogen) atoms. The van der Waals surface area contributed by atoms with E-state index in [2.05, 4.69) is 35.8 Å². The molecule has 2 aromatic carbocycles. The molecule has 0 aliphatic rings. The average Bonchev–Trinajstić information content (AvgIpc) is 3.41. The molecule has 1 amide bonds. The quantitative estimate of drug-likeness (QED) is 0.308. The van der Waals surface area contributed by atoms with Crippen molar-refractivity contribution in [2.75, 3.05) is 12.8 Å². The molecule has 0 fully saturated rings. The number of hydrogen-bond donors (Lipinski definition) is 3. The number of hydrazone groups is 1. The van der Waals surface area contributed by atoms with Crippen LogP contribution in [0.3, 0.4) is 0 Å². The molecule has 4 rings (SSSR count). The smallest absolute Gasteiger partial charge is 0.294 e. The Labute approximate surface area is 174 Å². The van der Waals surface area contributed by atoms with Crippen LogP contribution < -0.4 is 15.9 Å². The number of nitrogens with zero attached hydrogens (tertiary/aromatic N) is 6. The molecule has 12 nitrogen and oxygen atoms in total. The Hall–Kier alpha value is -4.74. The zero-order chi connectivity index (χ0) is 21.8. The van der Waals surface area contributed by atoms with Crippen LogP contribution in [0, 0.1) is 0 Å². The number of aromatic nitrogens is 5. The number of hydrogen-bond acceptors (Lipinski definition) is 10. The van der Waals surface area contributed by atoms with Crippen molar-refractivity contribution < 1.29 is 19.3 Å². The number of phenolic OH excluding ortho intramolecular Hbond substituents is 1. The first-order chi connectivity index (χ1) is 15.1. The van der Waals surface area contributed by atoms with Gasteiger partial charge in [0, 0.05) is 11.1 Å². The maximum atomic E-state index is 12.8. The van der Waals surface area contributed by atoms with Gasteiger partial charge in [0.2, 0.25) is 11.6 Å². The number of amides is 1. The third kappa shape index (κ3) is 3.89. The van der Waals surface area contributed by atoms with Crippen LogP contribution in [0.25, 0.3) is 17.1 Å². The summed E-state index contributed by atoms with van der Waals surface area (Å²) < 4.78 is 11.0. The van der Waals surface area contributed by atoms with Gasteiger partial charge in [0.25, 0.3) is 5.91 Å². The number of methoxy groups -OCH3 is 1. The summed E-state index contributed by atoms with van der Waals surface area (Å²) in [4.78, 5) is 12.8. The molecule has 0 aliphatic carbocycles. The third-order valence-corrected chi connectivity index (χ3v) is 4.23. The van der Waals surface area contributed by atoms with E-state index in [0.29, 0.717) is 22.6 Å².